The zero-order valence-electron chi connectivity index (χ0n) is 14.7. The van der Waals surface area contributed by atoms with E-state index in [-0.39, 0.29) is 5.56 Å². The molecular weight excluding hydrogens is 336 g/mol. The third kappa shape index (κ3) is 4.19. The number of carbonyl (C=O) groups is 1. The molecule has 2 rings (SSSR count). The Bertz CT molecular complexity index is 953. The van der Waals surface area contributed by atoms with Crippen LogP contribution in [0, 0.1) is 11.3 Å². The van der Waals surface area contributed by atoms with E-state index in [4.69, 9.17) is 10.00 Å². The van der Waals surface area contributed by atoms with Crippen molar-refractivity contribution < 1.29 is 9.53 Å². The van der Waals surface area contributed by atoms with E-state index in [0.29, 0.717) is 19.5 Å². The van der Waals surface area contributed by atoms with Crippen LogP contribution in [0.4, 0.5) is 0 Å². The van der Waals surface area contributed by atoms with E-state index in [1.54, 1.807) is 20.1 Å². The second-order valence-corrected chi connectivity index (χ2v) is 5.53. The lowest BCUT2D eigenvalue weighted by atomic mass is 10.1. The van der Waals surface area contributed by atoms with Crippen LogP contribution in [0.5, 0.6) is 5.75 Å². The third-order valence-electron chi connectivity index (χ3n) is 3.91. The van der Waals surface area contributed by atoms with Gasteiger partial charge >= 0.3 is 5.69 Å². The summed E-state index contributed by atoms with van der Waals surface area (Å²) < 4.78 is 7.25. The first kappa shape index (κ1) is 19.0. The molecule has 0 radical (unpaired) electrons. The molecule has 1 aromatic heterocycles. The van der Waals surface area contributed by atoms with Gasteiger partial charge in [-0.15, -0.1) is 0 Å². The predicted molar refractivity (Wildman–Crippen MR) is 95.1 cm³/mol. The van der Waals surface area contributed by atoms with Gasteiger partial charge in [0.15, 0.2) is 0 Å². The molecule has 1 aromatic carbocycles. The molecule has 0 fully saturated rings. The molecule has 0 aliphatic rings. The number of hydrogen-bond acceptors (Lipinski definition) is 5. The summed E-state index contributed by atoms with van der Waals surface area (Å²) in [4.78, 5) is 36.5. The topological polar surface area (TPSA) is 106 Å². The molecule has 0 spiro atoms. The van der Waals surface area contributed by atoms with Gasteiger partial charge in [0.05, 0.1) is 7.11 Å². The zero-order valence-corrected chi connectivity index (χ0v) is 14.7. The standard InChI is InChI=1S/C18H20N4O4/c1-3-21-11-14(10-19)17(24)22(18(21)25)12-16(23)20-9-8-13-6-4-5-7-15(13)26-2/h4-7,11H,3,8-9,12H2,1-2H3,(H,20,23). The van der Waals surface area contributed by atoms with Crippen molar-refractivity contribution in [2.24, 2.45) is 0 Å². The molecule has 0 aliphatic heterocycles. The minimum Gasteiger partial charge on any atom is -0.496 e. The molecule has 0 atom stereocenters. The largest absolute Gasteiger partial charge is 0.496 e. The van der Waals surface area contributed by atoms with Crippen molar-refractivity contribution >= 4 is 5.91 Å². The van der Waals surface area contributed by atoms with Crippen molar-refractivity contribution in [3.05, 3.63) is 62.4 Å². The molecule has 2 aromatic rings. The molecule has 0 saturated carbocycles. The predicted octanol–water partition coefficient (Wildman–Crippen LogP) is 0.269. The van der Waals surface area contributed by atoms with Crippen LogP contribution in [0.15, 0.2) is 40.1 Å². The summed E-state index contributed by atoms with van der Waals surface area (Å²) in [6, 6.07) is 9.21. The Kier molecular flexibility index (Phi) is 6.33. The van der Waals surface area contributed by atoms with Crippen LogP contribution < -0.4 is 21.3 Å². The number of aryl methyl sites for hydroxylation is 1. The fourth-order valence-corrected chi connectivity index (χ4v) is 2.54. The summed E-state index contributed by atoms with van der Waals surface area (Å²) >= 11 is 0. The highest BCUT2D eigenvalue weighted by Crippen LogP contribution is 2.17. The molecule has 26 heavy (non-hydrogen) atoms. The summed E-state index contributed by atoms with van der Waals surface area (Å²) in [5.74, 6) is 0.252. The summed E-state index contributed by atoms with van der Waals surface area (Å²) in [5.41, 5.74) is -0.612. The zero-order chi connectivity index (χ0) is 19.1. The van der Waals surface area contributed by atoms with Crippen LogP contribution in [-0.2, 0) is 24.3 Å². The minimum atomic E-state index is -0.762. The van der Waals surface area contributed by atoms with E-state index >= 15 is 0 Å². The summed E-state index contributed by atoms with van der Waals surface area (Å²) in [6.07, 6.45) is 1.75. The molecule has 1 amide bonds. The van der Waals surface area contributed by atoms with Crippen molar-refractivity contribution in [3.8, 4) is 11.8 Å². The van der Waals surface area contributed by atoms with Gasteiger partial charge in [0.1, 0.15) is 23.9 Å². The summed E-state index contributed by atoms with van der Waals surface area (Å²) in [6.45, 7) is 1.90. The van der Waals surface area contributed by atoms with Gasteiger partial charge in [-0.05, 0) is 25.0 Å². The molecule has 0 saturated heterocycles. The number of hydrogen-bond donors (Lipinski definition) is 1. The quantitative estimate of drug-likeness (QED) is 0.766. The molecule has 8 heteroatoms. The normalized spacial score (nSPS) is 10.2. The minimum absolute atomic E-state index is 0.173. The molecule has 0 bridgehead atoms. The molecule has 136 valence electrons. The number of amides is 1. The average Bonchev–Trinajstić information content (AvgIpc) is 2.65. The number of rotatable bonds is 7. The van der Waals surface area contributed by atoms with E-state index < -0.39 is 23.7 Å². The molecule has 0 unspecified atom stereocenters. The first-order chi connectivity index (χ1) is 12.5. The summed E-state index contributed by atoms with van der Waals surface area (Å²) in [5, 5.41) is 11.7. The van der Waals surface area contributed by atoms with Crippen molar-refractivity contribution in [2.75, 3.05) is 13.7 Å². The van der Waals surface area contributed by atoms with Gasteiger partial charge in [0.2, 0.25) is 5.91 Å². The molecule has 1 N–H and O–H groups in total. The van der Waals surface area contributed by atoms with Gasteiger partial charge in [-0.25, -0.2) is 9.36 Å². The number of ether oxygens (including phenoxy) is 1. The Morgan fingerprint density at radius 3 is 2.69 bits per heavy atom. The van der Waals surface area contributed by atoms with Crippen LogP contribution in [0.1, 0.15) is 18.1 Å². The fraction of sp³-hybridized carbons (Fsp3) is 0.333. The Morgan fingerprint density at radius 1 is 1.31 bits per heavy atom. The third-order valence-corrected chi connectivity index (χ3v) is 3.91. The van der Waals surface area contributed by atoms with E-state index in [1.807, 2.05) is 24.3 Å². The van der Waals surface area contributed by atoms with E-state index in [9.17, 15) is 14.4 Å². The number of nitriles is 1. The lowest BCUT2D eigenvalue weighted by molar-refractivity contribution is -0.121. The average molecular weight is 356 g/mol. The van der Waals surface area contributed by atoms with Gasteiger partial charge in [0, 0.05) is 19.3 Å². The van der Waals surface area contributed by atoms with Crippen molar-refractivity contribution in [3.63, 3.8) is 0 Å². The number of nitrogens with zero attached hydrogens (tertiary/aromatic N) is 3. The maximum Gasteiger partial charge on any atom is 0.331 e. The second kappa shape index (κ2) is 8.67. The number of carbonyl (C=O) groups excluding carboxylic acids is 1. The number of benzene rings is 1. The van der Waals surface area contributed by atoms with Gasteiger partial charge in [-0.3, -0.25) is 14.2 Å². The van der Waals surface area contributed by atoms with Crippen LogP contribution in [0.25, 0.3) is 0 Å². The second-order valence-electron chi connectivity index (χ2n) is 5.53. The highest BCUT2D eigenvalue weighted by molar-refractivity contribution is 5.75. The fourth-order valence-electron chi connectivity index (χ4n) is 2.54. The van der Waals surface area contributed by atoms with Gasteiger partial charge < -0.3 is 10.1 Å². The molecule has 8 nitrogen and oxygen atoms in total. The maximum atomic E-state index is 12.2. The molecule has 0 aliphatic carbocycles. The first-order valence-corrected chi connectivity index (χ1v) is 8.14. The molecule has 1 heterocycles. The lowest BCUT2D eigenvalue weighted by Gasteiger charge is -2.11. The highest BCUT2D eigenvalue weighted by Gasteiger charge is 2.13. The maximum absolute atomic E-state index is 12.2. The number of nitrogens with one attached hydrogen (secondary N) is 1. The van der Waals surface area contributed by atoms with E-state index in [0.717, 1.165) is 15.9 Å². The van der Waals surface area contributed by atoms with E-state index in [2.05, 4.69) is 5.32 Å². The van der Waals surface area contributed by atoms with Crippen molar-refractivity contribution in [1.29, 1.82) is 5.26 Å². The number of para-hydroxylation sites is 1. The number of methoxy groups -OCH3 is 1. The Balaban J connectivity index is 2.08. The van der Waals surface area contributed by atoms with Crippen molar-refractivity contribution in [1.82, 2.24) is 14.5 Å². The van der Waals surface area contributed by atoms with Gasteiger partial charge in [0.25, 0.3) is 5.56 Å². The monoisotopic (exact) mass is 356 g/mol. The first-order valence-electron chi connectivity index (χ1n) is 8.14. The highest BCUT2D eigenvalue weighted by atomic mass is 16.5. The van der Waals surface area contributed by atoms with Crippen LogP contribution in [0.2, 0.25) is 0 Å². The van der Waals surface area contributed by atoms with Crippen LogP contribution in [0.3, 0.4) is 0 Å². The summed E-state index contributed by atoms with van der Waals surface area (Å²) in [7, 11) is 1.57. The van der Waals surface area contributed by atoms with Crippen molar-refractivity contribution in [2.45, 2.75) is 26.4 Å². The molecular formula is C18H20N4O4. The Labute approximate surface area is 150 Å². The smallest absolute Gasteiger partial charge is 0.331 e. The Hall–Kier alpha value is -3.34. The van der Waals surface area contributed by atoms with Gasteiger partial charge in [-0.2, -0.15) is 5.26 Å². The van der Waals surface area contributed by atoms with Crippen LogP contribution >= 0.6 is 0 Å². The Morgan fingerprint density at radius 2 is 2.04 bits per heavy atom. The number of aromatic nitrogens is 2. The van der Waals surface area contributed by atoms with Gasteiger partial charge in [-0.1, -0.05) is 18.2 Å². The van der Waals surface area contributed by atoms with Crippen LogP contribution in [-0.4, -0.2) is 28.7 Å². The van der Waals surface area contributed by atoms with E-state index in [1.165, 1.54) is 10.8 Å². The lowest BCUT2D eigenvalue weighted by Crippen LogP contribution is -2.44. The SMILES string of the molecule is CCn1cc(C#N)c(=O)n(CC(=O)NCCc2ccccc2OC)c1=O.